The van der Waals surface area contributed by atoms with E-state index in [1.54, 1.807) is 4.90 Å². The summed E-state index contributed by atoms with van der Waals surface area (Å²) in [6, 6.07) is 11.2. The van der Waals surface area contributed by atoms with Crippen LogP contribution in [0.2, 0.25) is 0 Å². The van der Waals surface area contributed by atoms with Crippen molar-refractivity contribution in [2.45, 2.75) is 45.8 Å². The van der Waals surface area contributed by atoms with E-state index in [-0.39, 0.29) is 12.1 Å². The summed E-state index contributed by atoms with van der Waals surface area (Å²) in [5, 5.41) is 0. The van der Waals surface area contributed by atoms with E-state index in [2.05, 4.69) is 44.2 Å². The molecule has 3 heteroatoms. The highest BCUT2D eigenvalue weighted by Crippen LogP contribution is 2.17. The fraction of sp³-hybridized carbons (Fsp3) is 0.588. The predicted molar refractivity (Wildman–Crippen MR) is 79.6 cm³/mol. The van der Waals surface area contributed by atoms with Crippen molar-refractivity contribution in [1.29, 1.82) is 0 Å². The van der Waals surface area contributed by atoms with Crippen molar-refractivity contribution >= 4 is 5.97 Å². The third-order valence-corrected chi connectivity index (χ3v) is 4.66. The van der Waals surface area contributed by atoms with Gasteiger partial charge in [-0.3, -0.25) is 4.79 Å². The second-order valence-electron chi connectivity index (χ2n) is 5.98. The summed E-state index contributed by atoms with van der Waals surface area (Å²) in [7, 11) is 0. The zero-order valence-corrected chi connectivity index (χ0v) is 12.8. The monoisotopic (exact) mass is 276 g/mol. The Labute approximate surface area is 121 Å². The minimum Gasteiger partial charge on any atom is -0.462 e. The van der Waals surface area contributed by atoms with Gasteiger partial charge in [0.25, 0.3) is 0 Å². The van der Waals surface area contributed by atoms with Gasteiger partial charge in [-0.25, -0.2) is 0 Å². The van der Waals surface area contributed by atoms with Gasteiger partial charge in [0.05, 0.1) is 19.1 Å². The van der Waals surface area contributed by atoms with E-state index in [1.165, 1.54) is 12.5 Å². The van der Waals surface area contributed by atoms with Gasteiger partial charge in [0, 0.05) is 25.7 Å². The highest BCUT2D eigenvalue weighted by atomic mass is 16.5. The number of rotatable bonds is 4. The lowest BCUT2D eigenvalue weighted by Crippen LogP contribution is -3.17. The number of carbonyl (C=O) groups excluding carboxylic acids is 1. The first-order valence-corrected chi connectivity index (χ1v) is 7.63. The molecule has 110 valence electrons. The van der Waals surface area contributed by atoms with E-state index in [1.807, 2.05) is 0 Å². The maximum atomic E-state index is 11.1. The smallest absolute Gasteiger partial charge is 0.302 e. The molecule has 20 heavy (non-hydrogen) atoms. The Kier molecular flexibility index (Phi) is 5.18. The number of benzene rings is 1. The van der Waals surface area contributed by atoms with Gasteiger partial charge in [-0.2, -0.15) is 0 Å². The highest BCUT2D eigenvalue weighted by Gasteiger charge is 2.37. The molecule has 0 aromatic heterocycles. The second kappa shape index (κ2) is 6.89. The number of carbonyl (C=O) groups is 1. The first kappa shape index (κ1) is 15.0. The van der Waals surface area contributed by atoms with Crippen LogP contribution in [-0.4, -0.2) is 31.2 Å². The molecule has 4 atom stereocenters. The minimum absolute atomic E-state index is 0.1000. The second-order valence-corrected chi connectivity index (χ2v) is 5.98. The zero-order chi connectivity index (χ0) is 14.5. The predicted octanol–water partition coefficient (Wildman–Crippen LogP) is 1.47. The first-order valence-electron chi connectivity index (χ1n) is 7.63. The van der Waals surface area contributed by atoms with Crippen molar-refractivity contribution in [1.82, 2.24) is 0 Å². The maximum Gasteiger partial charge on any atom is 0.302 e. The van der Waals surface area contributed by atoms with E-state index in [0.717, 1.165) is 25.9 Å². The number of nitrogens with one attached hydrogen (secondary N) is 1. The molecule has 3 nitrogen and oxygen atoms in total. The lowest BCUT2D eigenvalue weighted by Gasteiger charge is -2.39. The quantitative estimate of drug-likeness (QED) is 0.844. The van der Waals surface area contributed by atoms with E-state index in [9.17, 15) is 4.79 Å². The summed E-state index contributed by atoms with van der Waals surface area (Å²) >= 11 is 0. The van der Waals surface area contributed by atoms with Crippen LogP contribution in [0.25, 0.3) is 0 Å². The lowest BCUT2D eigenvalue weighted by atomic mass is 9.88. The van der Waals surface area contributed by atoms with Crippen LogP contribution >= 0.6 is 0 Å². The van der Waals surface area contributed by atoms with Crippen molar-refractivity contribution in [3.63, 3.8) is 0 Å². The molecular formula is C17H26NO2+. The molecular weight excluding hydrogens is 250 g/mol. The fourth-order valence-electron chi connectivity index (χ4n) is 3.19. The minimum atomic E-state index is -0.151. The van der Waals surface area contributed by atoms with Crippen molar-refractivity contribution in [2.75, 3.05) is 13.1 Å². The molecule has 0 aliphatic carbocycles. The van der Waals surface area contributed by atoms with E-state index in [4.69, 9.17) is 4.74 Å². The highest BCUT2D eigenvalue weighted by molar-refractivity contribution is 5.66. The van der Waals surface area contributed by atoms with Crippen molar-refractivity contribution < 1.29 is 14.4 Å². The molecule has 0 saturated carbocycles. The largest absolute Gasteiger partial charge is 0.462 e. The molecule has 0 spiro atoms. The van der Waals surface area contributed by atoms with Gasteiger partial charge < -0.3 is 9.64 Å². The van der Waals surface area contributed by atoms with Gasteiger partial charge in [-0.05, 0) is 12.5 Å². The fourth-order valence-corrected chi connectivity index (χ4v) is 3.19. The SMILES string of the molecule is CC(=O)O[C@H]1CC[NH+](CCc2ccccc2)[C@@H](C)[C@H]1C. The molecule has 0 radical (unpaired) electrons. The molecule has 1 N–H and O–H groups in total. The number of hydrogen-bond acceptors (Lipinski definition) is 2. The van der Waals surface area contributed by atoms with Crippen LogP contribution < -0.4 is 4.90 Å². The van der Waals surface area contributed by atoms with Gasteiger partial charge in [0.15, 0.2) is 0 Å². The third kappa shape index (κ3) is 3.83. The summed E-state index contributed by atoms with van der Waals surface area (Å²) < 4.78 is 5.43. The Hall–Kier alpha value is -1.35. The van der Waals surface area contributed by atoms with Crippen molar-refractivity contribution in [3.8, 4) is 0 Å². The number of ether oxygens (including phenoxy) is 1. The summed E-state index contributed by atoms with van der Waals surface area (Å²) in [4.78, 5) is 12.8. The summed E-state index contributed by atoms with van der Waals surface area (Å²) in [5.41, 5.74) is 1.40. The number of quaternary nitrogens is 1. The Morgan fingerprint density at radius 1 is 1.30 bits per heavy atom. The number of hydrogen-bond donors (Lipinski definition) is 1. The number of esters is 1. The Morgan fingerprint density at radius 2 is 2.00 bits per heavy atom. The van der Waals surface area contributed by atoms with Crippen LogP contribution in [0.3, 0.4) is 0 Å². The van der Waals surface area contributed by atoms with Crippen LogP contribution in [0.5, 0.6) is 0 Å². The van der Waals surface area contributed by atoms with Gasteiger partial charge >= 0.3 is 5.97 Å². The Morgan fingerprint density at radius 3 is 2.65 bits per heavy atom. The molecule has 1 aromatic carbocycles. The molecule has 1 fully saturated rings. The van der Waals surface area contributed by atoms with Gasteiger partial charge in [-0.1, -0.05) is 37.3 Å². The summed E-state index contributed by atoms with van der Waals surface area (Å²) in [6.07, 6.45) is 2.20. The third-order valence-electron chi connectivity index (χ3n) is 4.66. The molecule has 1 heterocycles. The summed E-state index contributed by atoms with van der Waals surface area (Å²) in [6.45, 7) is 8.24. The average Bonchev–Trinajstić information content (AvgIpc) is 2.44. The molecule has 1 unspecified atom stereocenters. The van der Waals surface area contributed by atoms with Crippen molar-refractivity contribution in [3.05, 3.63) is 35.9 Å². The number of piperidine rings is 1. The molecule has 0 bridgehead atoms. The standard InChI is InChI=1S/C17H25NO2/c1-13-14(2)18(12-10-17(13)20-15(3)19)11-9-16-7-5-4-6-8-16/h4-8,13-14,17H,9-12H2,1-3H3/p+1/t13-,14+,17+/m1/s1. The lowest BCUT2D eigenvalue weighted by molar-refractivity contribution is -0.933. The van der Waals surface area contributed by atoms with E-state index < -0.39 is 0 Å². The van der Waals surface area contributed by atoms with Crippen LogP contribution in [0.15, 0.2) is 30.3 Å². The van der Waals surface area contributed by atoms with Crippen LogP contribution in [0, 0.1) is 5.92 Å². The zero-order valence-electron chi connectivity index (χ0n) is 12.8. The number of likely N-dealkylation sites (tertiary alicyclic amines) is 1. The molecule has 1 aliphatic heterocycles. The molecule has 1 saturated heterocycles. The molecule has 0 amide bonds. The normalized spacial score (nSPS) is 29.9. The summed E-state index contributed by atoms with van der Waals surface area (Å²) in [5.74, 6) is 0.278. The maximum absolute atomic E-state index is 11.1. The van der Waals surface area contributed by atoms with E-state index >= 15 is 0 Å². The van der Waals surface area contributed by atoms with Crippen LogP contribution in [-0.2, 0) is 16.0 Å². The van der Waals surface area contributed by atoms with Crippen molar-refractivity contribution in [2.24, 2.45) is 5.92 Å². The first-order chi connectivity index (χ1) is 9.58. The van der Waals surface area contributed by atoms with Gasteiger partial charge in [0.1, 0.15) is 6.10 Å². The average molecular weight is 276 g/mol. The Bertz CT molecular complexity index is 432. The molecule has 2 rings (SSSR count). The van der Waals surface area contributed by atoms with E-state index in [0.29, 0.717) is 12.0 Å². The molecule has 1 aromatic rings. The topological polar surface area (TPSA) is 30.7 Å². The Balaban J connectivity index is 1.87. The van der Waals surface area contributed by atoms with Crippen LogP contribution in [0.4, 0.5) is 0 Å². The van der Waals surface area contributed by atoms with Gasteiger partial charge in [0.2, 0.25) is 0 Å². The van der Waals surface area contributed by atoms with Gasteiger partial charge in [-0.15, -0.1) is 0 Å². The molecule has 1 aliphatic rings. The van der Waals surface area contributed by atoms with Crippen LogP contribution in [0.1, 0.15) is 32.8 Å².